The van der Waals surface area contributed by atoms with Gasteiger partial charge in [-0.15, -0.1) is 0 Å². The zero-order valence-corrected chi connectivity index (χ0v) is 20.4. The van der Waals surface area contributed by atoms with Crippen LogP contribution in [0.1, 0.15) is 0 Å². The number of nitrogens with zero attached hydrogens (tertiary/aromatic N) is 2. The van der Waals surface area contributed by atoms with Crippen LogP contribution in [0.3, 0.4) is 0 Å². The van der Waals surface area contributed by atoms with Crippen molar-refractivity contribution in [3.8, 4) is 0 Å². The SMILES string of the molecule is Brc1oc2ccccc2c1N1CN(c2c(Br)oc3ccccc23)c2cccc3cccc1c23. The van der Waals surface area contributed by atoms with Crippen molar-refractivity contribution in [2.45, 2.75) is 0 Å². The van der Waals surface area contributed by atoms with Crippen molar-refractivity contribution >= 4 is 87.3 Å². The number of hydrogen-bond acceptors (Lipinski definition) is 4. The van der Waals surface area contributed by atoms with Gasteiger partial charge in [0.15, 0.2) is 9.34 Å². The number of furan rings is 2. The predicted octanol–water partition coefficient (Wildman–Crippen LogP) is 9.10. The summed E-state index contributed by atoms with van der Waals surface area (Å²) < 4.78 is 13.6. The molecule has 4 nitrogen and oxygen atoms in total. The number of fused-ring (bicyclic) bond motifs is 2. The van der Waals surface area contributed by atoms with Gasteiger partial charge in [0.25, 0.3) is 0 Å². The summed E-state index contributed by atoms with van der Waals surface area (Å²) in [5.74, 6) is 0. The third-order valence-corrected chi connectivity index (χ3v) is 7.40. The number of benzene rings is 4. The van der Waals surface area contributed by atoms with Gasteiger partial charge in [0.1, 0.15) is 29.2 Å². The van der Waals surface area contributed by atoms with E-state index in [9.17, 15) is 0 Å². The second-order valence-corrected chi connectivity index (χ2v) is 9.53. The fourth-order valence-corrected chi connectivity index (χ4v) is 6.14. The first-order valence-electron chi connectivity index (χ1n) is 10.6. The van der Waals surface area contributed by atoms with Crippen molar-refractivity contribution in [1.82, 2.24) is 0 Å². The van der Waals surface area contributed by atoms with Crippen molar-refractivity contribution in [1.29, 1.82) is 0 Å². The lowest BCUT2D eigenvalue weighted by Crippen LogP contribution is -2.35. The van der Waals surface area contributed by atoms with Crippen molar-refractivity contribution in [3.63, 3.8) is 0 Å². The van der Waals surface area contributed by atoms with Crippen molar-refractivity contribution < 1.29 is 8.83 Å². The van der Waals surface area contributed by atoms with Gasteiger partial charge in [-0.1, -0.05) is 48.5 Å². The highest BCUT2D eigenvalue weighted by Crippen LogP contribution is 2.51. The molecule has 0 fully saturated rings. The van der Waals surface area contributed by atoms with Crippen molar-refractivity contribution in [2.75, 3.05) is 16.5 Å². The molecule has 7 rings (SSSR count). The monoisotopic (exact) mass is 558 g/mol. The molecule has 0 bridgehead atoms. The molecule has 0 N–H and O–H groups in total. The van der Waals surface area contributed by atoms with Gasteiger partial charge in [-0.2, -0.15) is 0 Å². The molecule has 4 aromatic carbocycles. The summed E-state index contributed by atoms with van der Waals surface area (Å²) in [4.78, 5) is 4.64. The quantitative estimate of drug-likeness (QED) is 0.212. The Morgan fingerprint density at radius 3 is 1.58 bits per heavy atom. The molecule has 0 saturated heterocycles. The number of rotatable bonds is 2. The van der Waals surface area contributed by atoms with Gasteiger partial charge in [0.2, 0.25) is 0 Å². The maximum atomic E-state index is 6.08. The lowest BCUT2D eigenvalue weighted by Gasteiger charge is -2.39. The van der Waals surface area contributed by atoms with Gasteiger partial charge < -0.3 is 18.6 Å². The van der Waals surface area contributed by atoms with E-state index in [-0.39, 0.29) is 0 Å². The Kier molecular flexibility index (Phi) is 4.17. The van der Waals surface area contributed by atoms with E-state index < -0.39 is 0 Å². The molecule has 0 unspecified atom stereocenters. The Bertz CT molecular complexity index is 1580. The summed E-state index contributed by atoms with van der Waals surface area (Å²) >= 11 is 7.40. The highest BCUT2D eigenvalue weighted by molar-refractivity contribution is 9.10. The largest absolute Gasteiger partial charge is 0.447 e. The molecule has 0 radical (unpaired) electrons. The van der Waals surface area contributed by atoms with E-state index in [1.165, 1.54) is 10.8 Å². The molecule has 160 valence electrons. The smallest absolute Gasteiger partial charge is 0.194 e. The minimum atomic E-state index is 0.598. The first-order valence-corrected chi connectivity index (χ1v) is 12.2. The highest BCUT2D eigenvalue weighted by atomic mass is 79.9. The van der Waals surface area contributed by atoms with Crippen LogP contribution < -0.4 is 9.80 Å². The second-order valence-electron chi connectivity index (χ2n) is 8.09. The molecule has 2 aromatic heterocycles. The average Bonchev–Trinajstić information content (AvgIpc) is 3.35. The van der Waals surface area contributed by atoms with Crippen LogP contribution in [0, 0.1) is 0 Å². The topological polar surface area (TPSA) is 32.8 Å². The molecule has 0 saturated carbocycles. The van der Waals surface area contributed by atoms with Gasteiger partial charge >= 0.3 is 0 Å². The lowest BCUT2D eigenvalue weighted by atomic mass is 10.0. The highest BCUT2D eigenvalue weighted by Gasteiger charge is 2.32. The molecule has 6 heteroatoms. The molecule has 0 atom stereocenters. The van der Waals surface area contributed by atoms with E-state index in [0.717, 1.165) is 54.0 Å². The molecule has 33 heavy (non-hydrogen) atoms. The second kappa shape index (κ2) is 7.14. The molecule has 3 heterocycles. The first kappa shape index (κ1) is 19.3. The molecule has 0 aliphatic carbocycles. The van der Waals surface area contributed by atoms with Crippen LogP contribution in [0.2, 0.25) is 0 Å². The predicted molar refractivity (Wildman–Crippen MR) is 141 cm³/mol. The van der Waals surface area contributed by atoms with E-state index in [1.54, 1.807) is 0 Å². The van der Waals surface area contributed by atoms with E-state index in [0.29, 0.717) is 6.67 Å². The summed E-state index contributed by atoms with van der Waals surface area (Å²) in [6.07, 6.45) is 0. The third-order valence-electron chi connectivity index (χ3n) is 6.32. The van der Waals surface area contributed by atoms with E-state index >= 15 is 0 Å². The zero-order valence-electron chi connectivity index (χ0n) is 17.3. The maximum absolute atomic E-state index is 6.08. The molecular formula is C27H16Br2N2O2. The molecule has 0 amide bonds. The van der Waals surface area contributed by atoms with E-state index in [1.807, 2.05) is 36.4 Å². The Hall–Kier alpha value is -3.22. The fourth-order valence-electron chi connectivity index (χ4n) is 4.93. The van der Waals surface area contributed by atoms with Gasteiger partial charge in [0, 0.05) is 16.2 Å². The van der Waals surface area contributed by atoms with Crippen molar-refractivity contribution in [2.24, 2.45) is 0 Å². The van der Waals surface area contributed by atoms with Crippen LogP contribution in [0.5, 0.6) is 0 Å². The number of hydrogen-bond donors (Lipinski definition) is 0. The third kappa shape index (κ3) is 2.74. The normalized spacial score (nSPS) is 13.5. The van der Waals surface area contributed by atoms with Crippen LogP contribution >= 0.6 is 31.9 Å². The lowest BCUT2D eigenvalue weighted by molar-refractivity contribution is 0.585. The average molecular weight is 560 g/mol. The number of halogens is 2. The summed E-state index contributed by atoms with van der Waals surface area (Å²) in [5, 5.41) is 4.52. The first-order chi connectivity index (χ1) is 16.2. The minimum absolute atomic E-state index is 0.598. The van der Waals surface area contributed by atoms with Gasteiger partial charge in [-0.3, -0.25) is 0 Å². The Morgan fingerprint density at radius 2 is 1.06 bits per heavy atom. The van der Waals surface area contributed by atoms with Crippen LogP contribution in [-0.2, 0) is 0 Å². The van der Waals surface area contributed by atoms with Gasteiger partial charge in [0.05, 0.1) is 11.4 Å². The van der Waals surface area contributed by atoms with Crippen LogP contribution in [-0.4, -0.2) is 6.67 Å². The standard InChI is InChI=1S/C27H16Br2N2O2/c28-26-24(17-9-1-3-13-21(17)32-26)30-15-31(25-18-10-2-4-14-22(18)33-27(25)29)20-12-6-8-16-7-5-11-19(30)23(16)20/h1-14H,15H2. The maximum Gasteiger partial charge on any atom is 0.194 e. The van der Waals surface area contributed by atoms with Crippen LogP contribution in [0.15, 0.2) is 103 Å². The fraction of sp³-hybridized carbons (Fsp3) is 0.0370. The Labute approximate surface area is 206 Å². The van der Waals surface area contributed by atoms with Crippen LogP contribution in [0.4, 0.5) is 22.7 Å². The molecule has 6 aromatic rings. The summed E-state index contributed by atoms with van der Waals surface area (Å²) in [6.45, 7) is 0.598. The minimum Gasteiger partial charge on any atom is -0.447 e. The van der Waals surface area contributed by atoms with Crippen LogP contribution in [0.25, 0.3) is 32.7 Å². The number of anilines is 4. The zero-order chi connectivity index (χ0) is 22.1. The van der Waals surface area contributed by atoms with E-state index in [2.05, 4.69) is 90.2 Å². The van der Waals surface area contributed by atoms with Gasteiger partial charge in [-0.05, 0) is 73.6 Å². The summed E-state index contributed by atoms with van der Waals surface area (Å²) in [6, 6.07) is 29.2. The number of para-hydroxylation sites is 2. The van der Waals surface area contributed by atoms with E-state index in [4.69, 9.17) is 8.83 Å². The molecule has 0 spiro atoms. The van der Waals surface area contributed by atoms with Gasteiger partial charge in [-0.25, -0.2) is 0 Å². The Balaban J connectivity index is 1.56. The summed E-state index contributed by atoms with van der Waals surface area (Å²) in [5.41, 5.74) is 6.04. The molecular weight excluding hydrogens is 544 g/mol. The molecule has 1 aliphatic heterocycles. The molecule has 1 aliphatic rings. The summed E-state index contributed by atoms with van der Waals surface area (Å²) in [7, 11) is 0. The van der Waals surface area contributed by atoms with Crippen molar-refractivity contribution in [3.05, 3.63) is 94.3 Å². The Morgan fingerprint density at radius 1 is 0.576 bits per heavy atom.